The molecule has 0 aliphatic heterocycles. The number of rotatable bonds is 5. The Morgan fingerprint density at radius 3 is 2.39 bits per heavy atom. The number of hydrogen-bond donors (Lipinski definition) is 1. The number of aromatic nitrogens is 3. The molecule has 0 amide bonds. The van der Waals surface area contributed by atoms with Crippen molar-refractivity contribution in [2.45, 2.75) is 45.6 Å². The summed E-state index contributed by atoms with van der Waals surface area (Å²) in [6.45, 7) is 8.04. The Labute approximate surface area is 113 Å². The molecule has 0 unspecified atom stereocenters. The first-order valence-corrected chi connectivity index (χ1v) is 6.89. The normalized spacial score (nSPS) is 17.1. The average Bonchev–Trinajstić information content (AvgIpc) is 2.28. The Kier molecular flexibility index (Phi) is 3.90. The number of nitrogens with one attached hydrogen (secondary N) is 1. The second kappa shape index (κ2) is 5.26. The fraction of sp³-hybridized carbons (Fsp3) is 0.750. The molecule has 1 fully saturated rings. The van der Waals surface area contributed by atoms with E-state index >= 15 is 0 Å². The van der Waals surface area contributed by atoms with Gasteiger partial charge in [-0.25, -0.2) is 0 Å². The molecule has 0 radical (unpaired) electrons. The molecule has 0 spiro atoms. The highest BCUT2D eigenvalue weighted by Crippen LogP contribution is 2.34. The third-order valence-electron chi connectivity index (χ3n) is 3.51. The van der Waals surface area contributed by atoms with Crippen LogP contribution in [0.3, 0.4) is 0 Å². The number of hydrogen-bond acceptors (Lipinski definition) is 5. The van der Waals surface area contributed by atoms with E-state index in [1.807, 2.05) is 0 Å². The van der Waals surface area contributed by atoms with Crippen LogP contribution in [0.25, 0.3) is 0 Å². The van der Waals surface area contributed by atoms with E-state index in [0.29, 0.717) is 11.9 Å². The van der Waals surface area contributed by atoms with E-state index in [1.54, 1.807) is 0 Å². The molecule has 1 saturated carbocycles. The van der Waals surface area contributed by atoms with Gasteiger partial charge in [0.25, 0.3) is 0 Å². The van der Waals surface area contributed by atoms with Gasteiger partial charge in [0, 0.05) is 18.6 Å². The molecule has 1 aliphatic rings. The van der Waals surface area contributed by atoms with Crippen LogP contribution < -0.4 is 10.2 Å². The van der Waals surface area contributed by atoms with Gasteiger partial charge in [-0.3, -0.25) is 0 Å². The second-order valence-corrected chi connectivity index (χ2v) is 5.28. The zero-order valence-electron chi connectivity index (χ0n) is 11.2. The summed E-state index contributed by atoms with van der Waals surface area (Å²) in [6.07, 6.45) is 3.55. The van der Waals surface area contributed by atoms with Crippen molar-refractivity contribution in [1.82, 2.24) is 15.0 Å². The summed E-state index contributed by atoms with van der Waals surface area (Å²) < 4.78 is 0. The number of nitrogens with zero attached hydrogens (tertiary/aromatic N) is 4. The van der Waals surface area contributed by atoms with Gasteiger partial charge in [0.1, 0.15) is 0 Å². The first-order valence-electron chi connectivity index (χ1n) is 6.51. The SMILES string of the molecule is CCN(CC)c1nc(Cl)nc(NC2(C)CCC2)n1. The molecule has 1 aliphatic carbocycles. The first-order chi connectivity index (χ1) is 8.56. The standard InChI is InChI=1S/C12H20ClN5/c1-4-18(5-2)11-15-9(13)14-10(16-11)17-12(3)7-6-8-12/h4-8H2,1-3H3,(H,14,15,16,17). The fourth-order valence-corrected chi connectivity index (χ4v) is 2.30. The van der Waals surface area contributed by atoms with Crippen molar-refractivity contribution < 1.29 is 0 Å². The average molecular weight is 270 g/mol. The molecule has 0 aromatic carbocycles. The lowest BCUT2D eigenvalue weighted by Crippen LogP contribution is -2.42. The van der Waals surface area contributed by atoms with Crippen LogP contribution in [0, 0.1) is 0 Å². The van der Waals surface area contributed by atoms with Gasteiger partial charge in [0.05, 0.1) is 0 Å². The van der Waals surface area contributed by atoms with Gasteiger partial charge in [-0.1, -0.05) is 0 Å². The summed E-state index contributed by atoms with van der Waals surface area (Å²) in [5, 5.41) is 3.61. The predicted molar refractivity (Wildman–Crippen MR) is 74.3 cm³/mol. The van der Waals surface area contributed by atoms with Crippen molar-refractivity contribution >= 4 is 23.5 Å². The molecule has 2 rings (SSSR count). The Hall–Kier alpha value is -1.10. The van der Waals surface area contributed by atoms with Crippen LogP contribution in [0.4, 0.5) is 11.9 Å². The smallest absolute Gasteiger partial charge is 0.231 e. The number of halogens is 1. The topological polar surface area (TPSA) is 53.9 Å². The Balaban J connectivity index is 2.20. The van der Waals surface area contributed by atoms with Crippen molar-refractivity contribution in [2.75, 3.05) is 23.3 Å². The van der Waals surface area contributed by atoms with Gasteiger partial charge in [-0.05, 0) is 51.6 Å². The molecule has 0 atom stereocenters. The molecule has 18 heavy (non-hydrogen) atoms. The summed E-state index contributed by atoms with van der Waals surface area (Å²) in [5.41, 5.74) is 0.116. The third-order valence-corrected chi connectivity index (χ3v) is 3.68. The summed E-state index contributed by atoms with van der Waals surface area (Å²) >= 11 is 5.97. The van der Waals surface area contributed by atoms with Crippen molar-refractivity contribution in [3.63, 3.8) is 0 Å². The van der Waals surface area contributed by atoms with Crippen molar-refractivity contribution in [2.24, 2.45) is 0 Å². The summed E-state index contributed by atoms with van der Waals surface area (Å²) in [6, 6.07) is 0. The van der Waals surface area contributed by atoms with Gasteiger partial charge in [0.2, 0.25) is 17.2 Å². The van der Waals surface area contributed by atoms with Crippen LogP contribution in [-0.2, 0) is 0 Å². The van der Waals surface area contributed by atoms with E-state index < -0.39 is 0 Å². The quantitative estimate of drug-likeness (QED) is 0.891. The molecule has 1 N–H and O–H groups in total. The molecule has 0 bridgehead atoms. The highest BCUT2D eigenvalue weighted by Gasteiger charge is 2.32. The van der Waals surface area contributed by atoms with Crippen molar-refractivity contribution in [3.05, 3.63) is 5.28 Å². The van der Waals surface area contributed by atoms with Crippen LogP contribution >= 0.6 is 11.6 Å². The van der Waals surface area contributed by atoms with Crippen molar-refractivity contribution in [1.29, 1.82) is 0 Å². The Morgan fingerprint density at radius 1 is 1.22 bits per heavy atom. The van der Waals surface area contributed by atoms with Crippen LogP contribution in [-0.4, -0.2) is 33.6 Å². The van der Waals surface area contributed by atoms with Gasteiger partial charge in [0.15, 0.2) is 0 Å². The lowest BCUT2D eigenvalue weighted by Gasteiger charge is -2.39. The summed E-state index contributed by atoms with van der Waals surface area (Å²) in [5.74, 6) is 1.23. The zero-order chi connectivity index (χ0) is 13.2. The Bertz CT molecular complexity index is 415. The minimum atomic E-state index is 0.116. The molecular formula is C12H20ClN5. The third kappa shape index (κ3) is 2.83. The molecule has 0 saturated heterocycles. The minimum Gasteiger partial charge on any atom is -0.349 e. The van der Waals surface area contributed by atoms with Crippen LogP contribution in [0.1, 0.15) is 40.0 Å². The lowest BCUT2D eigenvalue weighted by atomic mass is 9.79. The maximum atomic E-state index is 5.97. The maximum Gasteiger partial charge on any atom is 0.231 e. The van der Waals surface area contributed by atoms with Gasteiger partial charge < -0.3 is 10.2 Å². The molecule has 100 valence electrons. The monoisotopic (exact) mass is 269 g/mol. The number of anilines is 2. The molecule has 5 nitrogen and oxygen atoms in total. The highest BCUT2D eigenvalue weighted by molar-refractivity contribution is 6.28. The Morgan fingerprint density at radius 2 is 1.89 bits per heavy atom. The van der Waals surface area contributed by atoms with Crippen LogP contribution in [0.5, 0.6) is 0 Å². The van der Waals surface area contributed by atoms with E-state index in [2.05, 4.69) is 45.9 Å². The summed E-state index contributed by atoms with van der Waals surface area (Å²) in [4.78, 5) is 14.8. The largest absolute Gasteiger partial charge is 0.349 e. The van der Waals surface area contributed by atoms with Gasteiger partial charge >= 0.3 is 0 Å². The van der Waals surface area contributed by atoms with Crippen molar-refractivity contribution in [3.8, 4) is 0 Å². The van der Waals surface area contributed by atoms with E-state index in [1.165, 1.54) is 6.42 Å². The van der Waals surface area contributed by atoms with E-state index in [4.69, 9.17) is 11.6 Å². The molecule has 1 heterocycles. The second-order valence-electron chi connectivity index (χ2n) is 4.94. The van der Waals surface area contributed by atoms with Crippen LogP contribution in [0.2, 0.25) is 5.28 Å². The first kappa shape index (κ1) is 13.3. The zero-order valence-corrected chi connectivity index (χ0v) is 12.0. The highest BCUT2D eigenvalue weighted by atomic mass is 35.5. The summed E-state index contributed by atoms with van der Waals surface area (Å²) in [7, 11) is 0. The van der Waals surface area contributed by atoms with Gasteiger partial charge in [-0.15, -0.1) is 0 Å². The molecule has 6 heteroatoms. The van der Waals surface area contributed by atoms with E-state index in [9.17, 15) is 0 Å². The predicted octanol–water partition coefficient (Wildman–Crippen LogP) is 2.73. The maximum absolute atomic E-state index is 5.97. The van der Waals surface area contributed by atoms with Crippen LogP contribution in [0.15, 0.2) is 0 Å². The fourth-order valence-electron chi connectivity index (χ4n) is 2.15. The van der Waals surface area contributed by atoms with E-state index in [-0.39, 0.29) is 10.8 Å². The van der Waals surface area contributed by atoms with E-state index in [0.717, 1.165) is 25.9 Å². The minimum absolute atomic E-state index is 0.116. The molecule has 1 aromatic heterocycles. The lowest BCUT2D eigenvalue weighted by molar-refractivity contribution is 0.304. The van der Waals surface area contributed by atoms with Gasteiger partial charge in [-0.2, -0.15) is 15.0 Å². The molecule has 1 aromatic rings. The molecular weight excluding hydrogens is 250 g/mol.